The standard InChI is InChI=1S/C10H16O2/c1-6-5-7-10(4,8(11)12-7)9(6,2)3/h6-7H,5H2,1-4H3. The second-order valence-electron chi connectivity index (χ2n) is 4.95. The molecule has 1 saturated heterocycles. The summed E-state index contributed by atoms with van der Waals surface area (Å²) in [7, 11) is 0. The predicted molar refractivity (Wildman–Crippen MR) is 45.5 cm³/mol. The third kappa shape index (κ3) is 0.572. The van der Waals surface area contributed by atoms with Gasteiger partial charge >= 0.3 is 5.97 Å². The van der Waals surface area contributed by atoms with Gasteiger partial charge in [0.05, 0.1) is 0 Å². The molecular weight excluding hydrogens is 152 g/mol. The van der Waals surface area contributed by atoms with Crippen LogP contribution in [0.15, 0.2) is 0 Å². The van der Waals surface area contributed by atoms with Crippen LogP contribution in [0, 0.1) is 16.7 Å². The molecule has 3 atom stereocenters. The highest BCUT2D eigenvalue weighted by molar-refractivity contribution is 5.84. The van der Waals surface area contributed by atoms with E-state index in [1.54, 1.807) is 0 Å². The number of ether oxygens (including phenoxy) is 1. The van der Waals surface area contributed by atoms with Crippen molar-refractivity contribution < 1.29 is 9.53 Å². The summed E-state index contributed by atoms with van der Waals surface area (Å²) in [6.07, 6.45) is 1.23. The molecule has 0 radical (unpaired) electrons. The minimum atomic E-state index is -0.202. The van der Waals surface area contributed by atoms with E-state index in [1.807, 2.05) is 6.92 Å². The lowest BCUT2D eigenvalue weighted by Crippen LogP contribution is -2.57. The molecule has 1 heterocycles. The number of carbonyl (C=O) groups excluding carboxylic acids is 1. The van der Waals surface area contributed by atoms with Crippen molar-refractivity contribution in [2.24, 2.45) is 16.7 Å². The van der Waals surface area contributed by atoms with Gasteiger partial charge in [-0.25, -0.2) is 0 Å². The van der Waals surface area contributed by atoms with Gasteiger partial charge in [-0.2, -0.15) is 0 Å². The summed E-state index contributed by atoms with van der Waals surface area (Å²) >= 11 is 0. The molecule has 1 aliphatic heterocycles. The Kier molecular flexibility index (Phi) is 1.25. The zero-order valence-electron chi connectivity index (χ0n) is 8.18. The zero-order chi connectivity index (χ0) is 9.15. The first kappa shape index (κ1) is 8.09. The van der Waals surface area contributed by atoms with E-state index in [2.05, 4.69) is 20.8 Å². The number of esters is 1. The van der Waals surface area contributed by atoms with Crippen molar-refractivity contribution in [1.29, 1.82) is 0 Å². The topological polar surface area (TPSA) is 26.3 Å². The van der Waals surface area contributed by atoms with Gasteiger partial charge in [0.1, 0.15) is 11.5 Å². The Hall–Kier alpha value is -0.530. The fraction of sp³-hybridized carbons (Fsp3) is 0.900. The Balaban J connectivity index is 2.41. The summed E-state index contributed by atoms with van der Waals surface area (Å²) in [4.78, 5) is 11.4. The van der Waals surface area contributed by atoms with Gasteiger partial charge in [-0.05, 0) is 24.7 Å². The Bertz CT molecular complexity index is 244. The number of carbonyl (C=O) groups is 1. The molecule has 0 spiro atoms. The van der Waals surface area contributed by atoms with Crippen molar-refractivity contribution in [3.8, 4) is 0 Å². The van der Waals surface area contributed by atoms with Gasteiger partial charge in [0.2, 0.25) is 0 Å². The van der Waals surface area contributed by atoms with Crippen LogP contribution in [0.4, 0.5) is 0 Å². The lowest BCUT2D eigenvalue weighted by molar-refractivity contribution is -0.210. The van der Waals surface area contributed by atoms with Crippen LogP contribution in [-0.4, -0.2) is 12.1 Å². The monoisotopic (exact) mass is 168 g/mol. The van der Waals surface area contributed by atoms with Gasteiger partial charge in [-0.15, -0.1) is 0 Å². The van der Waals surface area contributed by atoms with E-state index in [4.69, 9.17) is 4.74 Å². The molecule has 0 N–H and O–H groups in total. The fourth-order valence-corrected chi connectivity index (χ4v) is 2.53. The van der Waals surface area contributed by atoms with E-state index >= 15 is 0 Å². The van der Waals surface area contributed by atoms with Gasteiger partial charge in [0.25, 0.3) is 0 Å². The third-order valence-electron chi connectivity index (χ3n) is 4.46. The second-order valence-corrected chi connectivity index (χ2v) is 4.95. The highest BCUT2D eigenvalue weighted by Gasteiger charge is 2.68. The van der Waals surface area contributed by atoms with Crippen LogP contribution in [0.3, 0.4) is 0 Å². The minimum absolute atomic E-state index is 0.00171. The summed E-state index contributed by atoms with van der Waals surface area (Å²) in [6.45, 7) is 8.61. The summed E-state index contributed by atoms with van der Waals surface area (Å²) in [5, 5.41) is 0. The Morgan fingerprint density at radius 2 is 2.00 bits per heavy atom. The van der Waals surface area contributed by atoms with Gasteiger partial charge in [-0.1, -0.05) is 20.8 Å². The summed E-state index contributed by atoms with van der Waals surface area (Å²) in [5.74, 6) is 0.584. The Morgan fingerprint density at radius 1 is 1.42 bits per heavy atom. The second kappa shape index (κ2) is 1.86. The molecule has 2 rings (SSSR count). The van der Waals surface area contributed by atoms with Crippen LogP contribution in [0.2, 0.25) is 0 Å². The van der Waals surface area contributed by atoms with Gasteiger partial charge in [0.15, 0.2) is 0 Å². The van der Waals surface area contributed by atoms with E-state index in [9.17, 15) is 4.79 Å². The number of hydrogen-bond acceptors (Lipinski definition) is 2. The largest absolute Gasteiger partial charge is 0.461 e. The highest BCUT2D eigenvalue weighted by atomic mass is 16.6. The summed E-state index contributed by atoms with van der Waals surface area (Å²) < 4.78 is 5.13. The first-order valence-electron chi connectivity index (χ1n) is 4.62. The molecule has 12 heavy (non-hydrogen) atoms. The van der Waals surface area contributed by atoms with Crippen LogP contribution in [0.5, 0.6) is 0 Å². The van der Waals surface area contributed by atoms with Crippen LogP contribution in [-0.2, 0) is 9.53 Å². The predicted octanol–water partition coefficient (Wildman–Crippen LogP) is 1.98. The van der Waals surface area contributed by atoms with Gasteiger partial charge in [0, 0.05) is 0 Å². The molecule has 0 amide bonds. The normalized spacial score (nSPS) is 49.5. The van der Waals surface area contributed by atoms with Crippen molar-refractivity contribution >= 4 is 5.97 Å². The Labute approximate surface area is 73.3 Å². The molecule has 0 aromatic heterocycles. The molecule has 1 saturated carbocycles. The van der Waals surface area contributed by atoms with Crippen molar-refractivity contribution in [2.45, 2.75) is 40.2 Å². The van der Waals surface area contributed by atoms with Crippen molar-refractivity contribution in [1.82, 2.24) is 0 Å². The van der Waals surface area contributed by atoms with E-state index in [0.717, 1.165) is 6.42 Å². The van der Waals surface area contributed by atoms with Gasteiger partial charge in [-0.3, -0.25) is 4.79 Å². The van der Waals surface area contributed by atoms with E-state index in [-0.39, 0.29) is 22.9 Å². The smallest absolute Gasteiger partial charge is 0.316 e. The first-order chi connectivity index (χ1) is 5.40. The average molecular weight is 168 g/mol. The molecule has 0 bridgehead atoms. The maximum absolute atomic E-state index is 11.4. The molecular formula is C10H16O2. The molecule has 0 aromatic carbocycles. The lowest BCUT2D eigenvalue weighted by Gasteiger charge is -2.47. The average Bonchev–Trinajstić information content (AvgIpc) is 2.12. The van der Waals surface area contributed by atoms with Gasteiger partial charge < -0.3 is 4.74 Å². The fourth-order valence-electron chi connectivity index (χ4n) is 2.53. The van der Waals surface area contributed by atoms with Crippen molar-refractivity contribution in [3.05, 3.63) is 0 Å². The summed E-state index contributed by atoms with van der Waals surface area (Å²) in [5.41, 5.74) is -0.0978. The molecule has 3 unspecified atom stereocenters. The van der Waals surface area contributed by atoms with Crippen LogP contribution in [0.1, 0.15) is 34.1 Å². The van der Waals surface area contributed by atoms with Crippen LogP contribution >= 0.6 is 0 Å². The Morgan fingerprint density at radius 3 is 2.33 bits per heavy atom. The molecule has 2 nitrogen and oxygen atoms in total. The molecule has 2 aliphatic rings. The lowest BCUT2D eigenvalue weighted by atomic mass is 9.63. The molecule has 2 heteroatoms. The molecule has 1 aliphatic carbocycles. The van der Waals surface area contributed by atoms with Crippen LogP contribution < -0.4 is 0 Å². The quantitative estimate of drug-likeness (QED) is 0.517. The number of fused-ring (bicyclic) bond motifs is 1. The highest BCUT2D eigenvalue weighted by Crippen LogP contribution is 2.62. The first-order valence-corrected chi connectivity index (χ1v) is 4.62. The maximum atomic E-state index is 11.4. The number of rotatable bonds is 0. The molecule has 68 valence electrons. The third-order valence-corrected chi connectivity index (χ3v) is 4.46. The van der Waals surface area contributed by atoms with Crippen molar-refractivity contribution in [2.75, 3.05) is 0 Å². The number of hydrogen-bond donors (Lipinski definition) is 0. The molecule has 2 fully saturated rings. The van der Waals surface area contributed by atoms with E-state index in [0.29, 0.717) is 5.92 Å². The van der Waals surface area contributed by atoms with E-state index in [1.165, 1.54) is 0 Å². The molecule has 0 aromatic rings. The van der Waals surface area contributed by atoms with Crippen LogP contribution in [0.25, 0.3) is 0 Å². The maximum Gasteiger partial charge on any atom is 0.316 e. The minimum Gasteiger partial charge on any atom is -0.461 e. The zero-order valence-corrected chi connectivity index (χ0v) is 8.18. The van der Waals surface area contributed by atoms with Crippen molar-refractivity contribution in [3.63, 3.8) is 0 Å². The van der Waals surface area contributed by atoms with E-state index < -0.39 is 0 Å². The SMILES string of the molecule is CC1CC2OC(=O)C2(C)C1(C)C. The summed E-state index contributed by atoms with van der Waals surface area (Å²) in [6, 6.07) is 0.